The first-order valence-electron chi connectivity index (χ1n) is 10.8. The lowest BCUT2D eigenvalue weighted by atomic mass is 9.97. The molecule has 1 N–H and O–H groups in total. The fourth-order valence-electron chi connectivity index (χ4n) is 4.21. The van der Waals surface area contributed by atoms with Crippen LogP contribution >= 0.6 is 11.3 Å². The molecule has 0 saturated carbocycles. The Hall–Kier alpha value is -3.52. The lowest BCUT2D eigenvalue weighted by Gasteiger charge is -2.22. The third-order valence-electron chi connectivity index (χ3n) is 5.92. The maximum Gasteiger partial charge on any atom is 0.297 e. The number of aromatic nitrogens is 2. The van der Waals surface area contributed by atoms with Gasteiger partial charge in [0.2, 0.25) is 10.9 Å². The average Bonchev–Trinajstić information content (AvgIpc) is 3.31. The van der Waals surface area contributed by atoms with E-state index in [-0.39, 0.29) is 22.5 Å². The fourth-order valence-corrected chi connectivity index (χ4v) is 5.29. The fraction of sp³-hybridized carbons (Fsp3) is 0.280. The van der Waals surface area contributed by atoms with E-state index in [1.807, 2.05) is 13.8 Å². The van der Waals surface area contributed by atoms with Crippen molar-refractivity contribution in [3.05, 3.63) is 79.6 Å². The predicted octanol–water partition coefficient (Wildman–Crippen LogP) is 4.92. The number of rotatable bonds is 4. The summed E-state index contributed by atoms with van der Waals surface area (Å²) in [6.07, 6.45) is 0.739. The Kier molecular flexibility index (Phi) is 5.05. The molecule has 4 aromatic rings. The highest BCUT2D eigenvalue weighted by atomic mass is 32.1. The number of phenols is 1. The molecule has 0 radical (unpaired) electrons. The van der Waals surface area contributed by atoms with Crippen molar-refractivity contribution in [2.75, 3.05) is 4.90 Å². The molecule has 0 saturated heterocycles. The van der Waals surface area contributed by atoms with E-state index in [4.69, 9.17) is 4.42 Å². The summed E-state index contributed by atoms with van der Waals surface area (Å²) in [4.78, 5) is 28.8. The molecule has 1 aliphatic rings. The monoisotopic (exact) mass is 461 g/mol. The van der Waals surface area contributed by atoms with E-state index in [0.29, 0.717) is 27.6 Å². The van der Waals surface area contributed by atoms with Gasteiger partial charge in [0.15, 0.2) is 5.43 Å². The van der Waals surface area contributed by atoms with Crippen LogP contribution in [0.4, 0.5) is 5.13 Å². The summed E-state index contributed by atoms with van der Waals surface area (Å²) in [5.41, 5.74) is 2.90. The predicted molar refractivity (Wildman–Crippen MR) is 127 cm³/mol. The van der Waals surface area contributed by atoms with Crippen molar-refractivity contribution in [1.29, 1.82) is 0 Å². The van der Waals surface area contributed by atoms with Gasteiger partial charge in [-0.25, -0.2) is 0 Å². The number of hydrogen-bond acceptors (Lipinski definition) is 7. The minimum absolute atomic E-state index is 0.00436. The lowest BCUT2D eigenvalue weighted by molar-refractivity contribution is 0.0970. The second kappa shape index (κ2) is 7.81. The molecule has 33 heavy (non-hydrogen) atoms. The second-order valence-electron chi connectivity index (χ2n) is 8.86. The van der Waals surface area contributed by atoms with Gasteiger partial charge in [-0.05, 0) is 60.7 Å². The highest BCUT2D eigenvalue weighted by Crippen LogP contribution is 2.43. The van der Waals surface area contributed by atoms with E-state index in [2.05, 4.69) is 24.0 Å². The van der Waals surface area contributed by atoms with Gasteiger partial charge in [-0.2, -0.15) is 0 Å². The van der Waals surface area contributed by atoms with Crippen LogP contribution in [0.5, 0.6) is 5.75 Å². The number of hydrogen-bond donors (Lipinski definition) is 1. The summed E-state index contributed by atoms with van der Waals surface area (Å²) in [5, 5.41) is 20.3. The standard InChI is InChI=1S/C25H23N3O4S/c1-12(2)8-19-26-27-25(33-19)28-21(15-6-5-7-16(29)11-15)20-22(30)17-9-13(3)14(4)10-18(17)32-23(20)24(28)31/h5-7,9-12,21,29H,8H2,1-4H3. The summed E-state index contributed by atoms with van der Waals surface area (Å²) in [7, 11) is 0. The molecule has 1 aliphatic heterocycles. The Bertz CT molecular complexity index is 1470. The van der Waals surface area contributed by atoms with Crippen molar-refractivity contribution in [2.45, 2.75) is 40.2 Å². The molecule has 168 valence electrons. The minimum atomic E-state index is -0.776. The molecular weight excluding hydrogens is 438 g/mol. The van der Waals surface area contributed by atoms with Gasteiger partial charge in [-0.3, -0.25) is 14.5 Å². The van der Waals surface area contributed by atoms with Crippen LogP contribution in [-0.2, 0) is 6.42 Å². The molecule has 1 amide bonds. The Morgan fingerprint density at radius 3 is 2.61 bits per heavy atom. The van der Waals surface area contributed by atoms with Crippen LogP contribution in [0.2, 0.25) is 0 Å². The molecule has 2 aromatic carbocycles. The van der Waals surface area contributed by atoms with Gasteiger partial charge in [0.1, 0.15) is 16.3 Å². The van der Waals surface area contributed by atoms with E-state index in [1.165, 1.54) is 16.2 Å². The Morgan fingerprint density at radius 2 is 1.88 bits per heavy atom. The number of amides is 1. The van der Waals surface area contributed by atoms with Crippen LogP contribution in [0, 0.1) is 19.8 Å². The van der Waals surface area contributed by atoms with Crippen LogP contribution in [0.15, 0.2) is 45.6 Å². The molecule has 2 aromatic heterocycles. The van der Waals surface area contributed by atoms with E-state index >= 15 is 0 Å². The van der Waals surface area contributed by atoms with Crippen LogP contribution in [0.3, 0.4) is 0 Å². The third-order valence-corrected chi connectivity index (χ3v) is 6.86. The van der Waals surface area contributed by atoms with Crippen molar-refractivity contribution in [3.63, 3.8) is 0 Å². The summed E-state index contributed by atoms with van der Waals surface area (Å²) in [6.45, 7) is 8.05. The van der Waals surface area contributed by atoms with Crippen LogP contribution < -0.4 is 10.3 Å². The molecule has 7 nitrogen and oxygen atoms in total. The molecule has 5 rings (SSSR count). The normalized spacial score (nSPS) is 15.6. The molecule has 0 aliphatic carbocycles. The number of benzene rings is 2. The quantitative estimate of drug-likeness (QED) is 0.464. The molecule has 0 fully saturated rings. The maximum atomic E-state index is 13.7. The zero-order chi connectivity index (χ0) is 23.4. The molecule has 0 spiro atoms. The molecule has 0 bridgehead atoms. The van der Waals surface area contributed by atoms with Crippen LogP contribution in [0.25, 0.3) is 11.0 Å². The van der Waals surface area contributed by atoms with Gasteiger partial charge in [0, 0.05) is 6.42 Å². The molecule has 8 heteroatoms. The number of aromatic hydroxyl groups is 1. The van der Waals surface area contributed by atoms with Gasteiger partial charge in [-0.1, -0.05) is 37.3 Å². The number of nitrogens with zero attached hydrogens (tertiary/aromatic N) is 3. The van der Waals surface area contributed by atoms with Gasteiger partial charge >= 0.3 is 0 Å². The highest BCUT2D eigenvalue weighted by Gasteiger charge is 2.45. The SMILES string of the molecule is Cc1cc2oc3c(c(=O)c2cc1C)C(c1cccc(O)c1)N(c1nnc(CC(C)C)s1)C3=O. The van der Waals surface area contributed by atoms with Crippen molar-refractivity contribution in [3.8, 4) is 5.75 Å². The highest BCUT2D eigenvalue weighted by molar-refractivity contribution is 7.15. The number of phenolic OH excluding ortho intramolecular Hbond substituents is 1. The average molecular weight is 462 g/mol. The molecule has 3 heterocycles. The lowest BCUT2D eigenvalue weighted by Crippen LogP contribution is -2.29. The number of fused-ring (bicyclic) bond motifs is 2. The Labute approximate surface area is 194 Å². The van der Waals surface area contributed by atoms with Crippen molar-refractivity contribution >= 4 is 33.3 Å². The summed E-state index contributed by atoms with van der Waals surface area (Å²) < 4.78 is 6.04. The Balaban J connectivity index is 1.76. The zero-order valence-electron chi connectivity index (χ0n) is 18.7. The topological polar surface area (TPSA) is 96.5 Å². The van der Waals surface area contributed by atoms with Crippen LogP contribution in [0.1, 0.15) is 57.7 Å². The molecule has 1 atom stereocenters. The van der Waals surface area contributed by atoms with E-state index in [9.17, 15) is 14.7 Å². The van der Waals surface area contributed by atoms with Gasteiger partial charge in [0.05, 0.1) is 17.0 Å². The number of carbonyl (C=O) groups is 1. The number of anilines is 1. The van der Waals surface area contributed by atoms with E-state index in [0.717, 1.165) is 22.6 Å². The third kappa shape index (κ3) is 3.51. The van der Waals surface area contributed by atoms with E-state index < -0.39 is 11.9 Å². The van der Waals surface area contributed by atoms with Gasteiger partial charge in [-0.15, -0.1) is 10.2 Å². The van der Waals surface area contributed by atoms with Gasteiger partial charge < -0.3 is 9.52 Å². The maximum absolute atomic E-state index is 13.7. The molecular formula is C25H23N3O4S. The smallest absolute Gasteiger partial charge is 0.297 e. The zero-order valence-corrected chi connectivity index (χ0v) is 19.6. The summed E-state index contributed by atoms with van der Waals surface area (Å²) in [6, 6.07) is 9.38. The van der Waals surface area contributed by atoms with Crippen LogP contribution in [-0.4, -0.2) is 21.2 Å². The molecule has 1 unspecified atom stereocenters. The first-order valence-corrected chi connectivity index (χ1v) is 11.6. The number of aryl methyl sites for hydroxylation is 2. The Morgan fingerprint density at radius 1 is 1.12 bits per heavy atom. The second-order valence-corrected chi connectivity index (χ2v) is 9.90. The largest absolute Gasteiger partial charge is 0.508 e. The van der Waals surface area contributed by atoms with E-state index in [1.54, 1.807) is 36.4 Å². The van der Waals surface area contributed by atoms with Crippen molar-refractivity contribution in [2.24, 2.45) is 5.92 Å². The first-order chi connectivity index (χ1) is 15.7. The number of carbonyl (C=O) groups excluding carboxylic acids is 1. The minimum Gasteiger partial charge on any atom is -0.508 e. The first kappa shape index (κ1) is 21.3. The summed E-state index contributed by atoms with van der Waals surface area (Å²) >= 11 is 1.33. The van der Waals surface area contributed by atoms with Crippen molar-refractivity contribution < 1.29 is 14.3 Å². The summed E-state index contributed by atoms with van der Waals surface area (Å²) in [5.74, 6) is -0.00514. The van der Waals surface area contributed by atoms with Gasteiger partial charge in [0.25, 0.3) is 5.91 Å². The van der Waals surface area contributed by atoms with Crippen molar-refractivity contribution in [1.82, 2.24) is 10.2 Å².